The van der Waals surface area contributed by atoms with Crippen molar-refractivity contribution in [2.45, 2.75) is 12.8 Å². The minimum Gasteiger partial charge on any atom is -0.303 e. The summed E-state index contributed by atoms with van der Waals surface area (Å²) in [6.45, 7) is 0. The molecule has 0 radical (unpaired) electrons. The van der Waals surface area contributed by atoms with Crippen LogP contribution in [0.4, 0.5) is 0 Å². The van der Waals surface area contributed by atoms with E-state index in [0.29, 0.717) is 17.9 Å². The normalized spacial score (nSPS) is 12.2. The van der Waals surface area contributed by atoms with E-state index in [9.17, 15) is 4.79 Å². The van der Waals surface area contributed by atoms with Gasteiger partial charge in [-0.15, -0.1) is 0 Å². The second-order valence-corrected chi connectivity index (χ2v) is 5.10. The van der Waals surface area contributed by atoms with Gasteiger partial charge in [0, 0.05) is 20.4 Å². The first-order valence-corrected chi connectivity index (χ1v) is 6.35. The van der Waals surface area contributed by atoms with Gasteiger partial charge in [0.2, 0.25) is 0 Å². The third-order valence-corrected chi connectivity index (χ3v) is 3.89. The lowest BCUT2D eigenvalue weighted by molar-refractivity contribution is -0.107. The van der Waals surface area contributed by atoms with Crippen LogP contribution in [0, 0.1) is 0 Å². The highest BCUT2D eigenvalue weighted by Crippen LogP contribution is 2.30. The van der Waals surface area contributed by atoms with E-state index >= 15 is 0 Å². The largest absolute Gasteiger partial charge is 0.303 e. The van der Waals surface area contributed by atoms with Crippen LogP contribution in [0.25, 0.3) is 4.48 Å². The molecule has 0 fully saturated rings. The van der Waals surface area contributed by atoms with Crippen LogP contribution in [0.2, 0.25) is 0 Å². The van der Waals surface area contributed by atoms with Crippen LogP contribution in [-0.4, -0.2) is 6.29 Å². The van der Waals surface area contributed by atoms with E-state index in [0.717, 1.165) is 20.8 Å². The summed E-state index contributed by atoms with van der Waals surface area (Å²) in [5.74, 6) is 0. The Hall–Kier alpha value is -0.120. The molecule has 0 saturated carbocycles. The van der Waals surface area contributed by atoms with E-state index < -0.39 is 0 Å². The molecule has 1 aromatic rings. The SMILES string of the molecule is O=CCC/C(Cl)=C(/Br)c1ccc(Br)cc1. The number of carbonyl (C=O) groups is 1. The Kier molecular flexibility index (Phi) is 5.58. The standard InChI is InChI=1S/C11H9Br2ClO/c12-9-5-3-8(4-6-9)11(13)10(14)2-1-7-15/h3-7H,1-2H2/b11-10-. The lowest BCUT2D eigenvalue weighted by atomic mass is 10.2. The van der Waals surface area contributed by atoms with Crippen molar-refractivity contribution >= 4 is 54.2 Å². The first-order chi connectivity index (χ1) is 7.15. The maximum absolute atomic E-state index is 10.2. The number of hydrogen-bond acceptors (Lipinski definition) is 1. The fourth-order valence-electron chi connectivity index (χ4n) is 1.05. The van der Waals surface area contributed by atoms with Crippen molar-refractivity contribution in [3.63, 3.8) is 0 Å². The molecule has 0 amide bonds. The van der Waals surface area contributed by atoms with Crippen LogP contribution in [-0.2, 0) is 4.79 Å². The Bertz CT molecular complexity index is 371. The molecular formula is C11H9Br2ClO. The minimum atomic E-state index is 0.449. The van der Waals surface area contributed by atoms with Crippen LogP contribution < -0.4 is 0 Å². The number of benzene rings is 1. The molecule has 0 aliphatic heterocycles. The second-order valence-electron chi connectivity index (χ2n) is 2.93. The Morgan fingerprint density at radius 2 is 1.93 bits per heavy atom. The first-order valence-electron chi connectivity index (χ1n) is 4.39. The maximum atomic E-state index is 10.2. The van der Waals surface area contributed by atoms with Crippen molar-refractivity contribution in [1.82, 2.24) is 0 Å². The van der Waals surface area contributed by atoms with Gasteiger partial charge in [-0.1, -0.05) is 39.7 Å². The maximum Gasteiger partial charge on any atom is 0.120 e. The molecule has 1 rings (SSSR count). The van der Waals surface area contributed by atoms with Gasteiger partial charge in [-0.3, -0.25) is 0 Å². The number of allylic oxidation sites excluding steroid dienone is 1. The summed E-state index contributed by atoms with van der Waals surface area (Å²) in [5.41, 5.74) is 1.01. The molecule has 1 aromatic carbocycles. The van der Waals surface area contributed by atoms with Gasteiger partial charge in [-0.05, 0) is 40.0 Å². The third-order valence-electron chi connectivity index (χ3n) is 1.82. The number of hydrogen-bond donors (Lipinski definition) is 0. The van der Waals surface area contributed by atoms with Crippen LogP contribution >= 0.6 is 43.5 Å². The highest BCUT2D eigenvalue weighted by atomic mass is 79.9. The van der Waals surface area contributed by atoms with Crippen LogP contribution in [0.3, 0.4) is 0 Å². The predicted octanol–water partition coefficient (Wildman–Crippen LogP) is 4.73. The average Bonchev–Trinajstić information content (AvgIpc) is 2.26. The van der Waals surface area contributed by atoms with Gasteiger partial charge >= 0.3 is 0 Å². The molecule has 0 bridgehead atoms. The smallest absolute Gasteiger partial charge is 0.120 e. The monoisotopic (exact) mass is 350 g/mol. The topological polar surface area (TPSA) is 17.1 Å². The van der Waals surface area contributed by atoms with Crippen LogP contribution in [0.1, 0.15) is 18.4 Å². The molecule has 0 N–H and O–H groups in total. The molecule has 4 heteroatoms. The highest BCUT2D eigenvalue weighted by Gasteiger charge is 2.04. The van der Waals surface area contributed by atoms with Crippen LogP contribution in [0.5, 0.6) is 0 Å². The Balaban J connectivity index is 2.86. The molecule has 0 aliphatic rings. The molecule has 0 unspecified atom stereocenters. The molecule has 0 heterocycles. The fraction of sp³-hybridized carbons (Fsp3) is 0.182. The Morgan fingerprint density at radius 1 is 1.33 bits per heavy atom. The Morgan fingerprint density at radius 3 is 2.47 bits per heavy atom. The van der Waals surface area contributed by atoms with Crippen molar-refractivity contribution < 1.29 is 4.79 Å². The van der Waals surface area contributed by atoms with Gasteiger partial charge in [-0.25, -0.2) is 0 Å². The van der Waals surface area contributed by atoms with Crippen molar-refractivity contribution in [2.24, 2.45) is 0 Å². The van der Waals surface area contributed by atoms with Gasteiger partial charge in [0.25, 0.3) is 0 Å². The first kappa shape index (κ1) is 12.9. The van der Waals surface area contributed by atoms with E-state index in [-0.39, 0.29) is 0 Å². The third kappa shape index (κ3) is 4.09. The molecular weight excluding hydrogens is 343 g/mol. The number of halogens is 3. The predicted molar refractivity (Wildman–Crippen MR) is 71.1 cm³/mol. The van der Waals surface area contributed by atoms with Gasteiger partial charge in [0.15, 0.2) is 0 Å². The van der Waals surface area contributed by atoms with E-state index in [1.165, 1.54) is 0 Å². The lowest BCUT2D eigenvalue weighted by Gasteiger charge is -2.03. The van der Waals surface area contributed by atoms with Crippen molar-refractivity contribution in [2.75, 3.05) is 0 Å². The van der Waals surface area contributed by atoms with Gasteiger partial charge in [-0.2, -0.15) is 0 Å². The Labute approximate surface area is 111 Å². The van der Waals surface area contributed by atoms with E-state index in [4.69, 9.17) is 11.6 Å². The van der Waals surface area contributed by atoms with Crippen LogP contribution in [0.15, 0.2) is 33.8 Å². The molecule has 0 aliphatic carbocycles. The molecule has 80 valence electrons. The summed E-state index contributed by atoms with van der Waals surface area (Å²) in [5, 5.41) is 0.671. The molecule has 15 heavy (non-hydrogen) atoms. The molecule has 0 saturated heterocycles. The zero-order valence-electron chi connectivity index (χ0n) is 7.84. The number of rotatable bonds is 4. The number of aldehydes is 1. The number of carbonyl (C=O) groups excluding carboxylic acids is 1. The van der Waals surface area contributed by atoms with E-state index in [1.54, 1.807) is 0 Å². The summed E-state index contributed by atoms with van der Waals surface area (Å²) in [6, 6.07) is 7.80. The molecule has 0 aromatic heterocycles. The lowest BCUT2D eigenvalue weighted by Crippen LogP contribution is -1.82. The molecule has 1 nitrogen and oxygen atoms in total. The highest BCUT2D eigenvalue weighted by molar-refractivity contribution is 9.15. The van der Waals surface area contributed by atoms with Crippen molar-refractivity contribution in [3.8, 4) is 0 Å². The van der Waals surface area contributed by atoms with Crippen molar-refractivity contribution in [3.05, 3.63) is 39.3 Å². The zero-order valence-corrected chi connectivity index (χ0v) is 11.8. The second kappa shape index (κ2) is 6.46. The average molecular weight is 352 g/mol. The van der Waals surface area contributed by atoms with Gasteiger partial charge in [0.05, 0.1) is 0 Å². The summed E-state index contributed by atoms with van der Waals surface area (Å²) in [6.07, 6.45) is 1.89. The fourth-order valence-corrected chi connectivity index (χ4v) is 1.99. The molecule has 0 spiro atoms. The summed E-state index contributed by atoms with van der Waals surface area (Å²) < 4.78 is 1.87. The summed E-state index contributed by atoms with van der Waals surface area (Å²) >= 11 is 12.8. The minimum absolute atomic E-state index is 0.449. The summed E-state index contributed by atoms with van der Waals surface area (Å²) in [4.78, 5) is 10.2. The van der Waals surface area contributed by atoms with Gasteiger partial charge < -0.3 is 4.79 Å². The quantitative estimate of drug-likeness (QED) is 0.716. The summed E-state index contributed by atoms with van der Waals surface area (Å²) in [7, 11) is 0. The zero-order chi connectivity index (χ0) is 11.3. The molecule has 0 atom stereocenters. The van der Waals surface area contributed by atoms with E-state index in [2.05, 4.69) is 31.9 Å². The van der Waals surface area contributed by atoms with E-state index in [1.807, 2.05) is 24.3 Å². The van der Waals surface area contributed by atoms with Gasteiger partial charge in [0.1, 0.15) is 6.29 Å². The van der Waals surface area contributed by atoms with Crippen molar-refractivity contribution in [1.29, 1.82) is 0 Å².